The molecule has 0 spiro atoms. The number of aryl methyl sites for hydroxylation is 1. The van der Waals surface area contributed by atoms with E-state index in [4.69, 9.17) is 19.5 Å². The van der Waals surface area contributed by atoms with Crippen LogP contribution in [0.5, 0.6) is 5.75 Å². The molecule has 1 aromatic carbocycles. The van der Waals surface area contributed by atoms with Crippen LogP contribution in [-0.2, 0) is 32.9 Å². The maximum Gasteiger partial charge on any atom is 0.351 e. The SMILES string of the molecule is CC(NP(OCC(OC(C)n1ccc(N)nc1=O)C(O)C(F)Br)Oc1ccccc1CCC(=O)OBr)C(=O)OBr. The van der Waals surface area contributed by atoms with Crippen LogP contribution >= 0.6 is 57.0 Å². The number of nitrogens with two attached hydrogens (primary N) is 1. The number of benzene rings is 1. The van der Waals surface area contributed by atoms with Crippen molar-refractivity contribution in [2.24, 2.45) is 0 Å². The van der Waals surface area contributed by atoms with Crippen LogP contribution in [0.3, 0.4) is 0 Å². The van der Waals surface area contributed by atoms with Crippen molar-refractivity contribution in [3.8, 4) is 5.75 Å². The monoisotopic (exact) mass is 778 g/mol. The van der Waals surface area contributed by atoms with Gasteiger partial charge in [0.2, 0.25) is 0 Å². The van der Waals surface area contributed by atoms with Gasteiger partial charge in [0, 0.05) is 6.20 Å². The number of rotatable bonds is 16. The zero-order valence-corrected chi connectivity index (χ0v) is 26.8. The minimum absolute atomic E-state index is 0.00649. The summed E-state index contributed by atoms with van der Waals surface area (Å²) < 4.78 is 41.9. The molecule has 1 aromatic heterocycles. The van der Waals surface area contributed by atoms with Gasteiger partial charge >= 0.3 is 26.2 Å². The van der Waals surface area contributed by atoms with Crippen molar-refractivity contribution in [2.45, 2.75) is 56.2 Å². The average molecular weight is 781 g/mol. The number of alkyl halides is 2. The second-order valence-corrected chi connectivity index (χ2v) is 10.8. The van der Waals surface area contributed by atoms with Crippen molar-refractivity contribution in [1.82, 2.24) is 14.6 Å². The Morgan fingerprint density at radius 1 is 1.23 bits per heavy atom. The number of nitrogens with zero attached hydrogens (tertiary/aromatic N) is 2. The third kappa shape index (κ3) is 10.9. The number of anilines is 1. The predicted molar refractivity (Wildman–Crippen MR) is 153 cm³/mol. The number of hydrogen-bond donors (Lipinski definition) is 3. The molecule has 2 rings (SSSR count). The summed E-state index contributed by atoms with van der Waals surface area (Å²) in [4.78, 5) is 39.4. The van der Waals surface area contributed by atoms with E-state index in [-0.39, 0.29) is 18.7 Å². The highest BCUT2D eigenvalue weighted by molar-refractivity contribution is 9.09. The minimum Gasteiger partial charge on any atom is -0.436 e. The van der Waals surface area contributed by atoms with E-state index in [2.05, 4.69) is 66.2 Å². The molecule has 0 aliphatic rings. The summed E-state index contributed by atoms with van der Waals surface area (Å²) in [6.45, 7) is 2.53. The number of carbonyl (C=O) groups excluding carboxylic acids is 2. The number of aromatic nitrogens is 2. The molecule has 0 saturated heterocycles. The smallest absolute Gasteiger partial charge is 0.351 e. The van der Waals surface area contributed by atoms with Gasteiger partial charge in [0.05, 0.1) is 13.0 Å². The largest absolute Gasteiger partial charge is 0.436 e. The van der Waals surface area contributed by atoms with Crippen LogP contribution in [0.1, 0.15) is 32.1 Å². The van der Waals surface area contributed by atoms with Crippen LogP contribution in [0.25, 0.3) is 0 Å². The molecular formula is C22H27Br3FN4O9P. The zero-order chi connectivity index (χ0) is 29.8. The number of nitrogens with one attached hydrogen (secondary N) is 1. The number of carbonyl (C=O) groups is 2. The predicted octanol–water partition coefficient (Wildman–Crippen LogP) is 3.72. The molecule has 0 radical (unpaired) electrons. The van der Waals surface area contributed by atoms with E-state index in [9.17, 15) is 23.9 Å². The highest BCUT2D eigenvalue weighted by Gasteiger charge is 2.32. The van der Waals surface area contributed by atoms with E-state index in [1.54, 1.807) is 24.3 Å². The van der Waals surface area contributed by atoms with Gasteiger partial charge in [0.15, 0.2) is 37.6 Å². The van der Waals surface area contributed by atoms with Gasteiger partial charge in [-0.15, -0.1) is 0 Å². The van der Waals surface area contributed by atoms with Crippen LogP contribution in [-0.4, -0.2) is 56.5 Å². The van der Waals surface area contributed by atoms with Crippen LogP contribution in [0.15, 0.2) is 41.3 Å². The molecule has 40 heavy (non-hydrogen) atoms. The van der Waals surface area contributed by atoms with Crippen LogP contribution < -0.4 is 21.0 Å². The molecule has 6 atom stereocenters. The average Bonchev–Trinajstić information content (AvgIpc) is 2.93. The van der Waals surface area contributed by atoms with E-state index >= 15 is 0 Å². The summed E-state index contributed by atoms with van der Waals surface area (Å²) in [6.07, 6.45) is -2.41. The van der Waals surface area contributed by atoms with Crippen molar-refractivity contribution in [2.75, 3.05) is 12.3 Å². The molecule has 0 aliphatic carbocycles. The molecule has 18 heteroatoms. The second-order valence-electron chi connectivity index (χ2n) is 8.09. The van der Waals surface area contributed by atoms with Gasteiger partial charge in [-0.05, 0) is 53.9 Å². The van der Waals surface area contributed by atoms with Crippen LogP contribution in [0.4, 0.5) is 10.2 Å². The van der Waals surface area contributed by atoms with E-state index in [0.29, 0.717) is 11.3 Å². The molecule has 2 aromatic rings. The Morgan fingerprint density at radius 3 is 2.55 bits per heavy atom. The molecule has 4 N–H and O–H groups in total. The zero-order valence-electron chi connectivity index (χ0n) is 21.1. The van der Waals surface area contributed by atoms with Gasteiger partial charge in [-0.2, -0.15) is 4.98 Å². The standard InChI is InChI=1S/C22H27Br3FN4O9P/c1-12(21(33)38-25)29-40(39-15-6-4-3-5-14(15)7-8-18(31)37-24)35-11-16(19(32)20(23)26)36-13(2)30-10-9-17(27)28-22(30)34/h3-6,9-10,12-13,16,19-20,29,32H,7-8,11H2,1-2H3,(H2,27,28,34). The molecule has 1 heterocycles. The molecule has 0 fully saturated rings. The maximum absolute atomic E-state index is 14.1. The highest BCUT2D eigenvalue weighted by atomic mass is 79.9. The minimum atomic E-state index is -2.15. The number of para-hydroxylation sites is 1. The molecule has 0 aliphatic heterocycles. The lowest BCUT2D eigenvalue weighted by molar-refractivity contribution is -0.134. The number of halogens is 4. The van der Waals surface area contributed by atoms with Crippen LogP contribution in [0.2, 0.25) is 0 Å². The molecule has 13 nitrogen and oxygen atoms in total. The fourth-order valence-electron chi connectivity index (χ4n) is 3.07. The number of ether oxygens (including phenoxy) is 1. The fourth-order valence-corrected chi connectivity index (χ4v) is 5.10. The Labute approximate surface area is 255 Å². The topological polar surface area (TPSA) is 173 Å². The van der Waals surface area contributed by atoms with Gasteiger partial charge in [-0.1, -0.05) is 18.2 Å². The number of aliphatic hydroxyl groups is 1. The van der Waals surface area contributed by atoms with E-state index < -0.39 is 62.3 Å². The summed E-state index contributed by atoms with van der Waals surface area (Å²) in [5, 5.41) is 11.4. The molecular weight excluding hydrogens is 754 g/mol. The molecule has 0 saturated carbocycles. The molecule has 0 amide bonds. The lowest BCUT2D eigenvalue weighted by atomic mass is 10.1. The van der Waals surface area contributed by atoms with Gasteiger partial charge in [0.1, 0.15) is 36.0 Å². The fraction of sp³-hybridized carbons (Fsp3) is 0.455. The Hall–Kier alpha value is -1.72. The Bertz CT molecular complexity index is 1180. The first kappa shape index (κ1) is 34.5. The van der Waals surface area contributed by atoms with Crippen molar-refractivity contribution in [3.63, 3.8) is 0 Å². The van der Waals surface area contributed by atoms with Gasteiger partial charge in [-0.3, -0.25) is 9.36 Å². The van der Waals surface area contributed by atoms with Gasteiger partial charge in [0.25, 0.3) is 0 Å². The summed E-state index contributed by atoms with van der Waals surface area (Å²) >= 11 is 7.96. The number of hydrogen-bond acceptors (Lipinski definition) is 12. The first-order chi connectivity index (χ1) is 19.0. The molecule has 6 unspecified atom stereocenters. The normalized spacial score (nSPS) is 15.8. The van der Waals surface area contributed by atoms with Crippen molar-refractivity contribution in [3.05, 3.63) is 52.6 Å². The van der Waals surface area contributed by atoms with E-state index in [1.807, 2.05) is 0 Å². The lowest BCUT2D eigenvalue weighted by Gasteiger charge is -2.29. The summed E-state index contributed by atoms with van der Waals surface area (Å²) in [5.74, 6) is -0.840. The van der Waals surface area contributed by atoms with Gasteiger partial charge in [-0.25, -0.2) is 19.1 Å². The molecule has 222 valence electrons. The van der Waals surface area contributed by atoms with Crippen LogP contribution in [0, 0.1) is 0 Å². The Kier molecular flexibility index (Phi) is 14.9. The third-order valence-electron chi connectivity index (χ3n) is 5.18. The summed E-state index contributed by atoms with van der Waals surface area (Å²) in [5.41, 5.74) is 5.44. The quantitative estimate of drug-likeness (QED) is 0.167. The van der Waals surface area contributed by atoms with E-state index in [1.165, 1.54) is 26.1 Å². The van der Waals surface area contributed by atoms with Crippen molar-refractivity contribution < 1.29 is 40.5 Å². The number of nitrogen functional groups attached to an aromatic ring is 1. The van der Waals surface area contributed by atoms with E-state index in [0.717, 1.165) is 4.57 Å². The summed E-state index contributed by atoms with van der Waals surface area (Å²) in [7, 11) is -2.15. The maximum atomic E-state index is 14.1. The highest BCUT2D eigenvalue weighted by Crippen LogP contribution is 2.39. The van der Waals surface area contributed by atoms with Gasteiger partial charge < -0.3 is 32.3 Å². The second kappa shape index (κ2) is 17.3. The third-order valence-corrected chi connectivity index (χ3v) is 7.74. The molecule has 0 bridgehead atoms. The van der Waals surface area contributed by atoms with Crippen molar-refractivity contribution in [1.29, 1.82) is 0 Å². The first-order valence-corrected chi connectivity index (χ1v) is 14.9. The number of aliphatic hydroxyl groups excluding tert-OH is 1. The van der Waals surface area contributed by atoms with Crippen molar-refractivity contribution >= 4 is 74.7 Å². The lowest BCUT2D eigenvalue weighted by Crippen LogP contribution is -2.41. The Balaban J connectivity index is 2.26. The summed E-state index contributed by atoms with van der Waals surface area (Å²) in [6, 6.07) is 7.25. The first-order valence-electron chi connectivity index (χ1n) is 11.5. The Morgan fingerprint density at radius 2 is 1.93 bits per heavy atom.